The molecular formula is C60H102O18. The lowest BCUT2D eigenvalue weighted by Crippen LogP contribution is -2.22. The van der Waals surface area contributed by atoms with E-state index >= 15 is 0 Å². The number of carbonyl (C=O) groups excluding carboxylic acids is 6. The maximum absolute atomic E-state index is 12.3. The molecule has 0 aromatic carbocycles. The summed E-state index contributed by atoms with van der Waals surface area (Å²) in [7, 11) is 0. The second kappa shape index (κ2) is 37.6. The van der Waals surface area contributed by atoms with Crippen molar-refractivity contribution in [3.63, 3.8) is 0 Å². The summed E-state index contributed by atoms with van der Waals surface area (Å²) >= 11 is 0. The van der Waals surface area contributed by atoms with Gasteiger partial charge in [0.05, 0.1) is 76.3 Å². The highest BCUT2D eigenvalue weighted by atomic mass is 16.8. The lowest BCUT2D eigenvalue weighted by molar-refractivity contribution is -0.156. The molecule has 0 aromatic rings. The summed E-state index contributed by atoms with van der Waals surface area (Å²) < 4.78 is 69.4. The largest absolute Gasteiger partial charge is 0.465 e. The fraction of sp³-hybridized carbons (Fsp3) is 0.900. The van der Waals surface area contributed by atoms with Crippen LogP contribution in [0.5, 0.6) is 0 Å². The quantitative estimate of drug-likeness (QED) is 0.125. The van der Waals surface area contributed by atoms with Crippen molar-refractivity contribution >= 4 is 35.8 Å². The molecular weight excluding hydrogens is 1010 g/mol. The van der Waals surface area contributed by atoms with Gasteiger partial charge in [0.2, 0.25) is 0 Å². The maximum atomic E-state index is 12.3. The number of hydrogen-bond acceptors (Lipinski definition) is 18. The van der Waals surface area contributed by atoms with E-state index in [4.69, 9.17) is 56.8 Å². The molecule has 78 heavy (non-hydrogen) atoms. The van der Waals surface area contributed by atoms with Gasteiger partial charge in [0, 0.05) is 0 Å². The number of carbonyl (C=O) groups is 6. The summed E-state index contributed by atoms with van der Waals surface area (Å²) in [6.07, 6.45) is 25.3. The summed E-state index contributed by atoms with van der Waals surface area (Å²) in [5, 5.41) is 0. The van der Waals surface area contributed by atoms with Gasteiger partial charge >= 0.3 is 35.8 Å². The van der Waals surface area contributed by atoms with E-state index in [1.807, 2.05) is 41.5 Å². The molecule has 18 heteroatoms. The monoisotopic (exact) mass is 1110 g/mol. The van der Waals surface area contributed by atoms with Crippen LogP contribution in [0.25, 0.3) is 0 Å². The number of esters is 6. The van der Waals surface area contributed by atoms with Gasteiger partial charge in [-0.25, -0.2) is 0 Å². The Morgan fingerprint density at radius 3 is 0.526 bits per heavy atom. The topological polar surface area (TPSA) is 213 Å². The Morgan fingerprint density at radius 2 is 0.372 bits per heavy atom. The lowest BCUT2D eigenvalue weighted by atomic mass is 10.0. The molecule has 4 saturated heterocycles. The van der Waals surface area contributed by atoms with E-state index in [1.54, 1.807) is 0 Å². The van der Waals surface area contributed by atoms with Crippen molar-refractivity contribution in [2.75, 3.05) is 39.6 Å². The molecule has 4 aliphatic rings. The molecule has 0 spiro atoms. The third kappa shape index (κ3) is 30.4. The molecule has 6 atom stereocenters. The van der Waals surface area contributed by atoms with Gasteiger partial charge in [0.1, 0.15) is 19.3 Å². The molecule has 4 heterocycles. The Balaban J connectivity index is 1.13. The van der Waals surface area contributed by atoms with Crippen molar-refractivity contribution in [2.45, 2.75) is 307 Å². The average molecular weight is 1110 g/mol. The number of ether oxygens (including phenoxy) is 12. The van der Waals surface area contributed by atoms with Gasteiger partial charge in [-0.3, -0.25) is 28.8 Å². The number of cyclic esters (lactones) is 6. The van der Waals surface area contributed by atoms with Crippen LogP contribution < -0.4 is 0 Å². The van der Waals surface area contributed by atoms with E-state index < -0.39 is 72.4 Å². The summed E-state index contributed by atoms with van der Waals surface area (Å²) in [4.78, 5) is 73.7. The number of fused-ring (bicyclic) bond motifs is 3. The molecule has 0 N–H and O–H groups in total. The van der Waals surface area contributed by atoms with E-state index in [2.05, 4.69) is 0 Å². The van der Waals surface area contributed by atoms with Gasteiger partial charge in [-0.1, -0.05) is 116 Å². The van der Waals surface area contributed by atoms with Crippen LogP contribution in [0.1, 0.15) is 253 Å². The normalized spacial score (nSPS) is 30.2. The van der Waals surface area contributed by atoms with Crippen LogP contribution in [0.15, 0.2) is 0 Å². The zero-order valence-corrected chi connectivity index (χ0v) is 48.9. The molecule has 0 saturated carbocycles. The van der Waals surface area contributed by atoms with Gasteiger partial charge in [-0.05, 0) is 119 Å². The van der Waals surface area contributed by atoms with Gasteiger partial charge in [0.15, 0.2) is 17.4 Å². The van der Waals surface area contributed by atoms with E-state index in [0.29, 0.717) is 38.5 Å². The van der Waals surface area contributed by atoms with Gasteiger partial charge < -0.3 is 56.8 Å². The number of hydrogen-bond donors (Lipinski definition) is 0. The first-order valence-corrected chi connectivity index (χ1v) is 30.4. The minimum absolute atomic E-state index is 0.00883. The van der Waals surface area contributed by atoms with E-state index in [-0.39, 0.29) is 76.3 Å². The second-order valence-electron chi connectivity index (χ2n) is 23.2. The van der Waals surface area contributed by atoms with Crippen LogP contribution in [0, 0.1) is 0 Å². The van der Waals surface area contributed by atoms with Crippen LogP contribution in [-0.2, 0) is 85.6 Å². The highest BCUT2D eigenvalue weighted by Crippen LogP contribution is 2.36. The van der Waals surface area contributed by atoms with E-state index in [9.17, 15) is 28.8 Å². The highest BCUT2D eigenvalue weighted by molar-refractivity contribution is 5.92. The van der Waals surface area contributed by atoms with Crippen molar-refractivity contribution in [3.05, 3.63) is 0 Å². The SMILES string of the molecule is CC1(C)O[C@H]2CCCCCCOC(=O)CC(=O)OCCCCCC[C@@H]3OC(C)(C)O[C@H]3CCCCCCOC(=O)CC(=O)OCCCCCC[C@@H]3OC(C)(C)O[C@H]3CCCCCCOC(=O)CC(=O)OCCCCCC[C@@H]2O1. The van der Waals surface area contributed by atoms with Crippen LogP contribution >= 0.6 is 0 Å². The zero-order chi connectivity index (χ0) is 56.5. The summed E-state index contributed by atoms with van der Waals surface area (Å²) in [6.45, 7) is 13.3. The Hall–Kier alpha value is -3.42. The lowest BCUT2D eigenvalue weighted by Gasteiger charge is -2.16. The molecule has 0 unspecified atom stereocenters. The Morgan fingerprint density at radius 1 is 0.231 bits per heavy atom. The third-order valence-corrected chi connectivity index (χ3v) is 14.6. The van der Waals surface area contributed by atoms with Crippen molar-refractivity contribution in [2.24, 2.45) is 0 Å². The van der Waals surface area contributed by atoms with E-state index in [1.165, 1.54) is 0 Å². The molecule has 0 radical (unpaired) electrons. The fourth-order valence-electron chi connectivity index (χ4n) is 10.8. The first kappa shape index (κ1) is 67.1. The summed E-state index contributed by atoms with van der Waals surface area (Å²) in [5.41, 5.74) is 0. The van der Waals surface area contributed by atoms with Crippen LogP contribution in [0.4, 0.5) is 0 Å². The molecule has 4 aliphatic heterocycles. The van der Waals surface area contributed by atoms with Crippen molar-refractivity contribution < 1.29 is 85.6 Å². The van der Waals surface area contributed by atoms with Crippen LogP contribution in [0.2, 0.25) is 0 Å². The molecule has 450 valence electrons. The smallest absolute Gasteiger partial charge is 0.317 e. The van der Waals surface area contributed by atoms with E-state index in [0.717, 1.165) is 154 Å². The zero-order valence-electron chi connectivity index (χ0n) is 48.9. The predicted octanol–water partition coefficient (Wildman–Crippen LogP) is 11.7. The molecule has 0 aromatic heterocycles. The van der Waals surface area contributed by atoms with Crippen molar-refractivity contribution in [1.29, 1.82) is 0 Å². The molecule has 4 rings (SSSR count). The third-order valence-electron chi connectivity index (χ3n) is 14.6. The molecule has 18 nitrogen and oxygen atoms in total. The van der Waals surface area contributed by atoms with Gasteiger partial charge in [-0.15, -0.1) is 0 Å². The first-order valence-electron chi connectivity index (χ1n) is 30.4. The Kier molecular flexibility index (Phi) is 32.3. The Labute approximate surface area is 467 Å². The first-order chi connectivity index (χ1) is 37.4. The molecule has 0 amide bonds. The molecule has 4 fully saturated rings. The maximum Gasteiger partial charge on any atom is 0.317 e. The van der Waals surface area contributed by atoms with Crippen LogP contribution in [0.3, 0.4) is 0 Å². The minimum Gasteiger partial charge on any atom is -0.465 e. The summed E-state index contributed by atoms with van der Waals surface area (Å²) in [6, 6.07) is 0. The van der Waals surface area contributed by atoms with Crippen molar-refractivity contribution in [1.82, 2.24) is 0 Å². The van der Waals surface area contributed by atoms with Crippen molar-refractivity contribution in [3.8, 4) is 0 Å². The summed E-state index contributed by atoms with van der Waals surface area (Å²) in [5.74, 6) is -5.32. The second-order valence-corrected chi connectivity index (χ2v) is 23.2. The Bertz CT molecular complexity index is 1420. The molecule has 0 bridgehead atoms. The minimum atomic E-state index is -0.637. The molecule has 0 aliphatic carbocycles. The predicted molar refractivity (Wildman–Crippen MR) is 290 cm³/mol. The highest BCUT2D eigenvalue weighted by Gasteiger charge is 2.42. The van der Waals surface area contributed by atoms with Crippen LogP contribution in [-0.4, -0.2) is 129 Å². The average Bonchev–Trinajstić information content (AvgIpc) is 3.96. The number of rotatable bonds is 0. The standard InChI is InChI=1S/C60H102O18/c1-58(2)73-46-31-19-7-13-25-37-67-52(61)43-54(63)69-39-27-15-9-21-33-48-50(77-59(3,4)75-48)35-23-11-17-29-41-71-56(65)45-57(66)72-42-30-18-12-24-36-51-49(76-60(5,6)78-51)34-22-10-16-28-40-70-55(64)44-53(62)68-38-26-14-8-20-32-47(46)74-58/h46-51H,7-45H2,1-6H3/t46-,47-,48-,49-,50-,51-/m0/s1. The van der Waals surface area contributed by atoms with Gasteiger partial charge in [-0.2, -0.15) is 0 Å². The van der Waals surface area contributed by atoms with Gasteiger partial charge in [0.25, 0.3) is 0 Å². The fourth-order valence-corrected chi connectivity index (χ4v) is 10.8.